The molecule has 2 bridgehead atoms. The zero-order valence-electron chi connectivity index (χ0n) is 13.9. The molecule has 2 atom stereocenters. The number of ether oxygens (including phenoxy) is 1. The lowest BCUT2D eigenvalue weighted by molar-refractivity contribution is 0.0217. The van der Waals surface area contributed by atoms with Crippen LogP contribution in [0.15, 0.2) is 42.6 Å². The molecule has 0 aliphatic carbocycles. The highest BCUT2D eigenvalue weighted by Gasteiger charge is 2.40. The summed E-state index contributed by atoms with van der Waals surface area (Å²) in [5.41, 5.74) is 0.678. The molecule has 0 radical (unpaired) electrons. The van der Waals surface area contributed by atoms with Crippen LogP contribution in [0, 0.1) is 5.92 Å². The number of piperidine rings is 3. The maximum Gasteiger partial charge on any atom is 0.251 e. The van der Waals surface area contributed by atoms with E-state index in [-0.39, 0.29) is 11.9 Å². The van der Waals surface area contributed by atoms with Crippen LogP contribution in [-0.4, -0.2) is 41.0 Å². The molecule has 0 spiro atoms. The van der Waals surface area contributed by atoms with Gasteiger partial charge >= 0.3 is 0 Å². The third kappa shape index (κ3) is 2.91. The van der Waals surface area contributed by atoms with Gasteiger partial charge < -0.3 is 15.0 Å². The molecule has 3 fully saturated rings. The number of carbonyl (C=O) groups excluding carboxylic acids is 1. The molecule has 1 amide bonds. The molecule has 1 aromatic heterocycles. The Kier molecular flexibility index (Phi) is 4.02. The van der Waals surface area contributed by atoms with Crippen LogP contribution in [0.25, 0.3) is 0 Å². The summed E-state index contributed by atoms with van der Waals surface area (Å²) >= 11 is 0. The number of benzene rings is 1. The largest absolute Gasteiger partial charge is 0.441 e. The first-order valence-electron chi connectivity index (χ1n) is 8.67. The number of carbonyl (C=O) groups is 1. The van der Waals surface area contributed by atoms with Crippen LogP contribution in [0.5, 0.6) is 11.6 Å². The molecule has 3 aliphatic heterocycles. The van der Waals surface area contributed by atoms with Crippen LogP contribution in [0.4, 0.5) is 0 Å². The molecular weight excluding hydrogens is 302 g/mol. The fraction of sp³-hybridized carbons (Fsp3) is 0.421. The van der Waals surface area contributed by atoms with Gasteiger partial charge in [-0.15, -0.1) is 0 Å². The lowest BCUT2D eigenvalue weighted by Gasteiger charge is -2.49. The van der Waals surface area contributed by atoms with Crippen LogP contribution in [-0.2, 0) is 0 Å². The molecule has 3 aliphatic rings. The summed E-state index contributed by atoms with van der Waals surface area (Å²) in [5.74, 6) is 2.02. The van der Waals surface area contributed by atoms with Gasteiger partial charge in [0.05, 0.1) is 0 Å². The molecule has 4 heterocycles. The topological polar surface area (TPSA) is 57.4 Å². The summed E-state index contributed by atoms with van der Waals surface area (Å²) in [7, 11) is 0. The van der Waals surface area contributed by atoms with Crippen molar-refractivity contribution in [1.29, 1.82) is 0 Å². The van der Waals surface area contributed by atoms with Crippen molar-refractivity contribution in [1.82, 2.24) is 15.2 Å². The van der Waals surface area contributed by atoms with Gasteiger partial charge in [0.15, 0.2) is 5.88 Å². The van der Waals surface area contributed by atoms with Gasteiger partial charge in [0.1, 0.15) is 5.75 Å². The Morgan fingerprint density at radius 3 is 2.58 bits per heavy atom. The summed E-state index contributed by atoms with van der Waals surface area (Å²) in [6, 6.07) is 11.7. The molecule has 3 saturated heterocycles. The molecule has 1 unspecified atom stereocenters. The minimum atomic E-state index is 0.00650. The summed E-state index contributed by atoms with van der Waals surface area (Å²) < 4.78 is 5.67. The fourth-order valence-corrected chi connectivity index (χ4v) is 3.96. The van der Waals surface area contributed by atoms with E-state index in [0.29, 0.717) is 29.2 Å². The van der Waals surface area contributed by atoms with Crippen molar-refractivity contribution in [3.05, 3.63) is 48.2 Å². The number of aromatic amines is 1. The molecule has 5 rings (SSSR count). The number of nitrogens with one attached hydrogen (secondary N) is 2. The smallest absolute Gasteiger partial charge is 0.251 e. The van der Waals surface area contributed by atoms with E-state index in [1.807, 2.05) is 42.6 Å². The highest BCUT2D eigenvalue weighted by molar-refractivity contribution is 5.94. The SMILES string of the molecule is CC1[C@H](NC(=O)c2ccc(Oc3ccc[nH]3)cc2)C2CCN1CC2. The molecule has 2 aromatic rings. The number of H-pyrrole nitrogens is 1. The normalized spacial score (nSPS) is 28.5. The number of nitrogens with zero attached hydrogens (tertiary/aromatic N) is 1. The van der Waals surface area contributed by atoms with Crippen molar-refractivity contribution in [2.75, 3.05) is 13.1 Å². The van der Waals surface area contributed by atoms with Crippen LogP contribution >= 0.6 is 0 Å². The Labute approximate surface area is 142 Å². The minimum absolute atomic E-state index is 0.00650. The minimum Gasteiger partial charge on any atom is -0.441 e. The first-order valence-corrected chi connectivity index (χ1v) is 8.67. The quantitative estimate of drug-likeness (QED) is 0.908. The van der Waals surface area contributed by atoms with E-state index in [9.17, 15) is 4.79 Å². The monoisotopic (exact) mass is 325 g/mol. The van der Waals surface area contributed by atoms with Crippen LogP contribution < -0.4 is 10.1 Å². The molecule has 1 aromatic carbocycles. The molecule has 24 heavy (non-hydrogen) atoms. The van der Waals surface area contributed by atoms with Crippen molar-refractivity contribution in [2.24, 2.45) is 5.92 Å². The van der Waals surface area contributed by atoms with E-state index in [1.165, 1.54) is 25.9 Å². The van der Waals surface area contributed by atoms with E-state index in [1.54, 1.807) is 0 Å². The van der Waals surface area contributed by atoms with Crippen molar-refractivity contribution in [3.63, 3.8) is 0 Å². The van der Waals surface area contributed by atoms with E-state index >= 15 is 0 Å². The van der Waals surface area contributed by atoms with Gasteiger partial charge in [-0.2, -0.15) is 0 Å². The average Bonchev–Trinajstić information content (AvgIpc) is 3.12. The van der Waals surface area contributed by atoms with Gasteiger partial charge in [-0.25, -0.2) is 0 Å². The van der Waals surface area contributed by atoms with Gasteiger partial charge in [0.2, 0.25) is 0 Å². The highest BCUT2D eigenvalue weighted by Crippen LogP contribution is 2.32. The molecule has 5 heteroatoms. The predicted octanol–water partition coefficient (Wildman–Crippen LogP) is 3.02. The summed E-state index contributed by atoms with van der Waals surface area (Å²) in [5, 5.41) is 3.25. The molecule has 5 nitrogen and oxygen atoms in total. The second-order valence-electron chi connectivity index (χ2n) is 6.77. The second kappa shape index (κ2) is 6.32. The lowest BCUT2D eigenvalue weighted by Crippen LogP contribution is -2.62. The Morgan fingerprint density at radius 1 is 1.21 bits per heavy atom. The molecule has 2 N–H and O–H groups in total. The number of fused-ring (bicyclic) bond motifs is 3. The Hall–Kier alpha value is -2.27. The number of hydrogen-bond acceptors (Lipinski definition) is 3. The third-order valence-electron chi connectivity index (χ3n) is 5.39. The maximum atomic E-state index is 12.6. The van der Waals surface area contributed by atoms with E-state index in [4.69, 9.17) is 4.74 Å². The number of aromatic nitrogens is 1. The fourth-order valence-electron chi connectivity index (χ4n) is 3.96. The number of hydrogen-bond donors (Lipinski definition) is 2. The Bertz CT molecular complexity index is 686. The highest BCUT2D eigenvalue weighted by atomic mass is 16.5. The first kappa shape index (κ1) is 15.3. The summed E-state index contributed by atoms with van der Waals surface area (Å²) in [6.45, 7) is 4.57. The van der Waals surface area contributed by atoms with Crippen molar-refractivity contribution >= 4 is 5.91 Å². The molecular formula is C19H23N3O2. The predicted molar refractivity (Wildman–Crippen MR) is 92.3 cm³/mol. The molecule has 0 saturated carbocycles. The molecule has 126 valence electrons. The van der Waals surface area contributed by atoms with Gasteiger partial charge in [0, 0.05) is 29.9 Å². The van der Waals surface area contributed by atoms with Crippen molar-refractivity contribution in [2.45, 2.75) is 31.8 Å². The van der Waals surface area contributed by atoms with Gasteiger partial charge in [-0.05, 0) is 69.1 Å². The van der Waals surface area contributed by atoms with Gasteiger partial charge in [0.25, 0.3) is 5.91 Å². The van der Waals surface area contributed by atoms with E-state index in [0.717, 1.165) is 0 Å². The van der Waals surface area contributed by atoms with Gasteiger partial charge in [-0.3, -0.25) is 9.69 Å². The Morgan fingerprint density at radius 2 is 1.96 bits per heavy atom. The van der Waals surface area contributed by atoms with Crippen LogP contribution in [0.2, 0.25) is 0 Å². The number of rotatable bonds is 4. The first-order chi connectivity index (χ1) is 11.7. The zero-order valence-corrected chi connectivity index (χ0v) is 13.9. The van der Waals surface area contributed by atoms with Crippen molar-refractivity contribution < 1.29 is 9.53 Å². The lowest BCUT2D eigenvalue weighted by atomic mass is 9.79. The maximum absolute atomic E-state index is 12.6. The van der Waals surface area contributed by atoms with Gasteiger partial charge in [-0.1, -0.05) is 0 Å². The van der Waals surface area contributed by atoms with Crippen LogP contribution in [0.3, 0.4) is 0 Å². The summed E-state index contributed by atoms with van der Waals surface area (Å²) in [4.78, 5) is 18.1. The van der Waals surface area contributed by atoms with Crippen LogP contribution in [0.1, 0.15) is 30.1 Å². The number of amides is 1. The third-order valence-corrected chi connectivity index (χ3v) is 5.39. The second-order valence-corrected chi connectivity index (χ2v) is 6.77. The van der Waals surface area contributed by atoms with E-state index < -0.39 is 0 Å². The average molecular weight is 325 g/mol. The van der Waals surface area contributed by atoms with Crippen molar-refractivity contribution in [3.8, 4) is 11.6 Å². The van der Waals surface area contributed by atoms with E-state index in [2.05, 4.69) is 22.1 Å². The zero-order chi connectivity index (χ0) is 16.5. The standard InChI is InChI=1S/C19H23N3O2/c1-13-18(14-8-11-22(13)12-9-14)21-19(23)15-4-6-16(7-5-15)24-17-3-2-10-20-17/h2-7,10,13-14,18,20H,8-9,11-12H2,1H3,(H,21,23)/t13?,18-/m0/s1. The summed E-state index contributed by atoms with van der Waals surface area (Å²) in [6.07, 6.45) is 4.20. The Balaban J connectivity index is 1.41.